The van der Waals surface area contributed by atoms with Crippen LogP contribution in [0.25, 0.3) is 0 Å². The van der Waals surface area contributed by atoms with Crippen molar-refractivity contribution in [1.29, 1.82) is 0 Å². The molecule has 0 aliphatic carbocycles. The number of nitrogens with two attached hydrogens (primary N) is 1. The molecule has 0 aliphatic heterocycles. The molecule has 0 amide bonds. The summed E-state index contributed by atoms with van der Waals surface area (Å²) in [6.07, 6.45) is 0.784. The Morgan fingerprint density at radius 1 is 1.67 bits per heavy atom. The van der Waals surface area contributed by atoms with Crippen LogP contribution in [-0.2, 0) is 6.54 Å². The Morgan fingerprint density at radius 2 is 2.40 bits per heavy atom. The number of hydrogen-bond donors (Lipinski definition) is 1. The summed E-state index contributed by atoms with van der Waals surface area (Å²) < 4.78 is 0. The van der Waals surface area contributed by atoms with Gasteiger partial charge in [-0.2, -0.15) is 0 Å². The van der Waals surface area contributed by atoms with Gasteiger partial charge in [-0.25, -0.2) is 4.98 Å². The number of aromatic nitrogens is 1. The molecule has 2 N–H and O–H groups in total. The van der Waals surface area contributed by atoms with Gasteiger partial charge in [0.2, 0.25) is 0 Å². The predicted molar refractivity (Wildman–Crippen MR) is 69.2 cm³/mol. The van der Waals surface area contributed by atoms with Crippen LogP contribution in [0.2, 0.25) is 0 Å². The van der Waals surface area contributed by atoms with Crippen LogP contribution in [-0.4, -0.2) is 28.0 Å². The highest BCUT2D eigenvalue weighted by atomic mass is 32.1. The summed E-state index contributed by atoms with van der Waals surface area (Å²) in [6, 6.07) is 0. The fourth-order valence-corrected chi connectivity index (χ4v) is 2.02. The molecule has 0 saturated heterocycles. The van der Waals surface area contributed by atoms with Crippen molar-refractivity contribution in [1.82, 2.24) is 9.88 Å². The Hall–Kier alpha value is -0.520. The lowest BCUT2D eigenvalue weighted by atomic mass is 10.3. The van der Waals surface area contributed by atoms with Gasteiger partial charge in [0.05, 0.1) is 15.7 Å². The molecule has 3 nitrogen and oxygen atoms in total. The summed E-state index contributed by atoms with van der Waals surface area (Å²) in [5.41, 5.74) is 6.63. The largest absolute Gasteiger partial charge is 0.393 e. The van der Waals surface area contributed by atoms with Crippen molar-refractivity contribution in [3.63, 3.8) is 0 Å². The van der Waals surface area contributed by atoms with Crippen LogP contribution >= 0.6 is 23.6 Å². The van der Waals surface area contributed by atoms with E-state index in [2.05, 4.69) is 22.2 Å². The zero-order chi connectivity index (χ0) is 11.3. The van der Waals surface area contributed by atoms with Crippen LogP contribution < -0.4 is 5.73 Å². The molecule has 15 heavy (non-hydrogen) atoms. The van der Waals surface area contributed by atoms with Gasteiger partial charge in [0.15, 0.2) is 0 Å². The number of nitrogens with zero attached hydrogens (tertiary/aromatic N) is 2. The molecule has 0 aromatic carbocycles. The molecular formula is C10H17N3S2. The van der Waals surface area contributed by atoms with Crippen molar-refractivity contribution in [3.8, 4) is 0 Å². The summed E-state index contributed by atoms with van der Waals surface area (Å²) in [5, 5.41) is 3.23. The van der Waals surface area contributed by atoms with E-state index in [0.717, 1.165) is 36.8 Å². The van der Waals surface area contributed by atoms with Crippen molar-refractivity contribution in [2.45, 2.75) is 26.8 Å². The third kappa shape index (κ3) is 4.68. The molecule has 0 aliphatic rings. The number of rotatable bonds is 6. The van der Waals surface area contributed by atoms with Crippen LogP contribution in [0, 0.1) is 6.92 Å². The molecule has 5 heteroatoms. The van der Waals surface area contributed by atoms with Gasteiger partial charge in [-0.3, -0.25) is 4.90 Å². The minimum Gasteiger partial charge on any atom is -0.393 e. The van der Waals surface area contributed by atoms with Crippen molar-refractivity contribution in [2.24, 2.45) is 5.73 Å². The highest BCUT2D eigenvalue weighted by molar-refractivity contribution is 7.80. The first-order valence-corrected chi connectivity index (χ1v) is 6.32. The number of aryl methyl sites for hydroxylation is 1. The van der Waals surface area contributed by atoms with Crippen molar-refractivity contribution >= 4 is 28.5 Å². The summed E-state index contributed by atoms with van der Waals surface area (Å²) in [5.74, 6) is 0. The average molecular weight is 243 g/mol. The predicted octanol–water partition coefficient (Wildman–Crippen LogP) is 1.95. The van der Waals surface area contributed by atoms with Gasteiger partial charge < -0.3 is 5.73 Å². The third-order valence-electron chi connectivity index (χ3n) is 2.17. The molecule has 1 aromatic rings. The Kier molecular flexibility index (Phi) is 5.14. The summed E-state index contributed by atoms with van der Waals surface area (Å²) in [4.78, 5) is 7.32. The number of thiocarbonyl (C=S) groups is 1. The van der Waals surface area contributed by atoms with E-state index in [1.54, 1.807) is 11.3 Å². The van der Waals surface area contributed by atoms with Crippen molar-refractivity contribution in [3.05, 3.63) is 16.1 Å². The Balaban J connectivity index is 2.42. The molecular weight excluding hydrogens is 226 g/mol. The second-order valence-corrected chi connectivity index (χ2v) is 5.03. The Bertz CT molecular complexity index is 322. The lowest BCUT2D eigenvalue weighted by molar-refractivity contribution is 0.285. The maximum absolute atomic E-state index is 5.48. The van der Waals surface area contributed by atoms with E-state index in [-0.39, 0.29) is 0 Å². The summed E-state index contributed by atoms with van der Waals surface area (Å²) >= 11 is 6.56. The van der Waals surface area contributed by atoms with E-state index in [4.69, 9.17) is 18.0 Å². The first-order valence-electron chi connectivity index (χ1n) is 5.03. The van der Waals surface area contributed by atoms with Gasteiger partial charge in [-0.1, -0.05) is 19.1 Å². The molecule has 0 unspecified atom stereocenters. The lowest BCUT2D eigenvalue weighted by Gasteiger charge is -2.18. The number of thiazole rings is 1. The maximum Gasteiger partial charge on any atom is 0.0897 e. The van der Waals surface area contributed by atoms with E-state index in [0.29, 0.717) is 4.99 Å². The molecule has 84 valence electrons. The van der Waals surface area contributed by atoms with E-state index < -0.39 is 0 Å². The molecule has 0 radical (unpaired) electrons. The fraction of sp³-hybridized carbons (Fsp3) is 0.600. The highest BCUT2D eigenvalue weighted by Crippen LogP contribution is 2.10. The topological polar surface area (TPSA) is 42.1 Å². The van der Waals surface area contributed by atoms with Gasteiger partial charge in [-0.05, 0) is 13.5 Å². The van der Waals surface area contributed by atoms with Crippen LogP contribution in [0.3, 0.4) is 0 Å². The van der Waals surface area contributed by atoms with Crippen LogP contribution in [0.4, 0.5) is 0 Å². The summed E-state index contributed by atoms with van der Waals surface area (Å²) in [6.45, 7) is 6.98. The van der Waals surface area contributed by atoms with Crippen LogP contribution in [0.1, 0.15) is 24.0 Å². The van der Waals surface area contributed by atoms with Crippen LogP contribution in [0.5, 0.6) is 0 Å². The van der Waals surface area contributed by atoms with E-state index >= 15 is 0 Å². The fourth-order valence-electron chi connectivity index (χ4n) is 1.33. The first-order chi connectivity index (χ1) is 7.11. The van der Waals surface area contributed by atoms with Gasteiger partial charge in [0.25, 0.3) is 0 Å². The van der Waals surface area contributed by atoms with Gasteiger partial charge in [-0.15, -0.1) is 11.3 Å². The maximum atomic E-state index is 5.48. The smallest absolute Gasteiger partial charge is 0.0897 e. The monoisotopic (exact) mass is 243 g/mol. The standard InChI is InChI=1S/C10H17N3S2/c1-3-13(5-4-10(11)14)6-9-7-15-8(2)12-9/h7H,3-6H2,1-2H3,(H2,11,14). The Morgan fingerprint density at radius 3 is 2.87 bits per heavy atom. The lowest BCUT2D eigenvalue weighted by Crippen LogP contribution is -2.27. The second-order valence-electron chi connectivity index (χ2n) is 3.44. The van der Waals surface area contributed by atoms with E-state index in [1.165, 1.54) is 0 Å². The zero-order valence-corrected chi connectivity index (χ0v) is 10.8. The quantitative estimate of drug-likeness (QED) is 0.776. The molecule has 1 aromatic heterocycles. The molecule has 0 bridgehead atoms. The van der Waals surface area contributed by atoms with Crippen molar-refractivity contribution in [2.75, 3.05) is 13.1 Å². The molecule has 0 spiro atoms. The zero-order valence-electron chi connectivity index (χ0n) is 9.19. The molecule has 1 heterocycles. The average Bonchev–Trinajstić information content (AvgIpc) is 2.58. The van der Waals surface area contributed by atoms with Gasteiger partial charge >= 0.3 is 0 Å². The second kappa shape index (κ2) is 6.15. The summed E-state index contributed by atoms with van der Waals surface area (Å²) in [7, 11) is 0. The van der Waals surface area contributed by atoms with E-state index in [9.17, 15) is 0 Å². The highest BCUT2D eigenvalue weighted by Gasteiger charge is 2.06. The molecule has 0 saturated carbocycles. The molecule has 1 rings (SSSR count). The first kappa shape index (κ1) is 12.5. The van der Waals surface area contributed by atoms with Crippen molar-refractivity contribution < 1.29 is 0 Å². The minimum atomic E-state index is 0.586. The SMILES string of the molecule is CCN(CCC(N)=S)Cc1csc(C)n1. The third-order valence-corrected chi connectivity index (χ3v) is 3.20. The number of hydrogen-bond acceptors (Lipinski definition) is 4. The van der Waals surface area contributed by atoms with Gasteiger partial charge in [0.1, 0.15) is 0 Å². The van der Waals surface area contributed by atoms with Gasteiger partial charge in [0, 0.05) is 24.9 Å². The molecule has 0 fully saturated rings. The minimum absolute atomic E-state index is 0.586. The van der Waals surface area contributed by atoms with E-state index in [1.807, 2.05) is 6.92 Å². The molecule has 0 atom stereocenters. The van der Waals surface area contributed by atoms with Crippen LogP contribution in [0.15, 0.2) is 5.38 Å². The Labute approximate surface area is 100 Å². The normalized spacial score (nSPS) is 10.9.